The van der Waals surface area contributed by atoms with Gasteiger partial charge in [0.2, 0.25) is 0 Å². The van der Waals surface area contributed by atoms with Crippen LogP contribution in [0.25, 0.3) is 5.57 Å². The van der Waals surface area contributed by atoms with Gasteiger partial charge in [-0.1, -0.05) is 6.08 Å². The van der Waals surface area contributed by atoms with E-state index in [2.05, 4.69) is 4.98 Å². The number of carbonyl (C=O) groups is 1. The third kappa shape index (κ3) is 2.39. The Hall–Kier alpha value is -1.79. The van der Waals surface area contributed by atoms with Crippen molar-refractivity contribution < 1.29 is 18.0 Å². The van der Waals surface area contributed by atoms with Crippen molar-refractivity contribution in [1.82, 2.24) is 14.5 Å². The van der Waals surface area contributed by atoms with Crippen molar-refractivity contribution in [2.75, 3.05) is 13.1 Å². The molecule has 0 unspecified atom stereocenters. The molecule has 0 saturated carbocycles. The fourth-order valence-corrected chi connectivity index (χ4v) is 1.91. The normalized spacial score (nSPS) is 16.7. The molecule has 1 amide bonds. The highest BCUT2D eigenvalue weighted by atomic mass is 19.4. The first kappa shape index (κ1) is 12.7. The molecule has 0 radical (unpaired) electrons. The van der Waals surface area contributed by atoms with Crippen LogP contribution in [0.4, 0.5) is 13.2 Å². The quantitative estimate of drug-likeness (QED) is 0.768. The second-order valence-corrected chi connectivity index (χ2v) is 4.09. The molecule has 4 nitrogen and oxygen atoms in total. The minimum Gasteiger partial charge on any atom is -0.334 e. The Bertz CT molecular complexity index is 490. The van der Waals surface area contributed by atoms with Crippen LogP contribution < -0.4 is 0 Å². The lowest BCUT2D eigenvalue weighted by Crippen LogP contribution is -2.43. The van der Waals surface area contributed by atoms with Gasteiger partial charge in [0, 0.05) is 32.5 Å². The smallest absolute Gasteiger partial charge is 0.334 e. The largest absolute Gasteiger partial charge is 0.471 e. The minimum absolute atomic E-state index is 0.0272. The molecule has 1 aromatic rings. The van der Waals surface area contributed by atoms with Gasteiger partial charge in [0.25, 0.3) is 0 Å². The maximum absolute atomic E-state index is 12.2. The summed E-state index contributed by atoms with van der Waals surface area (Å²) in [4.78, 5) is 16.0. The number of nitrogens with zero attached hydrogens (tertiary/aromatic N) is 3. The monoisotopic (exact) mass is 259 g/mol. The number of imidazole rings is 1. The van der Waals surface area contributed by atoms with Crippen LogP contribution in [-0.4, -0.2) is 39.6 Å². The van der Waals surface area contributed by atoms with E-state index in [1.165, 1.54) is 0 Å². The Morgan fingerprint density at radius 2 is 2.17 bits per heavy atom. The van der Waals surface area contributed by atoms with Gasteiger partial charge in [0.1, 0.15) is 5.82 Å². The third-order valence-corrected chi connectivity index (χ3v) is 2.85. The number of aryl methyl sites for hydroxylation is 1. The summed E-state index contributed by atoms with van der Waals surface area (Å²) in [5, 5.41) is 0. The number of rotatable bonds is 1. The van der Waals surface area contributed by atoms with E-state index in [1.54, 1.807) is 23.0 Å². The van der Waals surface area contributed by atoms with Crippen molar-refractivity contribution in [3.05, 3.63) is 24.3 Å². The van der Waals surface area contributed by atoms with Gasteiger partial charge in [-0.15, -0.1) is 0 Å². The second kappa shape index (κ2) is 4.47. The van der Waals surface area contributed by atoms with Gasteiger partial charge in [-0.3, -0.25) is 4.79 Å². The average molecular weight is 259 g/mol. The summed E-state index contributed by atoms with van der Waals surface area (Å²) in [6.45, 7) is 0.0393. The highest BCUT2D eigenvalue weighted by Crippen LogP contribution is 2.24. The summed E-state index contributed by atoms with van der Waals surface area (Å²) in [5.74, 6) is -1.05. The lowest BCUT2D eigenvalue weighted by atomic mass is 10.1. The molecule has 0 saturated heterocycles. The predicted octanol–water partition coefficient (Wildman–Crippen LogP) is 1.60. The molecule has 0 aliphatic carbocycles. The van der Waals surface area contributed by atoms with Crippen LogP contribution >= 0.6 is 0 Å². The number of hydrogen-bond acceptors (Lipinski definition) is 2. The molecule has 1 aromatic heterocycles. The van der Waals surface area contributed by atoms with E-state index in [9.17, 15) is 18.0 Å². The molecule has 98 valence electrons. The SMILES string of the molecule is Cn1ccnc1C1=CCN(C(=O)C(F)(F)F)CC1. The fraction of sp³-hybridized carbons (Fsp3) is 0.455. The fourth-order valence-electron chi connectivity index (χ4n) is 1.91. The Morgan fingerprint density at radius 3 is 2.61 bits per heavy atom. The van der Waals surface area contributed by atoms with Crippen LogP contribution in [-0.2, 0) is 11.8 Å². The average Bonchev–Trinajstić information content (AvgIpc) is 2.73. The van der Waals surface area contributed by atoms with Gasteiger partial charge < -0.3 is 9.47 Å². The van der Waals surface area contributed by atoms with Crippen LogP contribution in [0.5, 0.6) is 0 Å². The van der Waals surface area contributed by atoms with Crippen molar-refractivity contribution in [1.29, 1.82) is 0 Å². The van der Waals surface area contributed by atoms with Gasteiger partial charge in [-0.2, -0.15) is 13.2 Å². The zero-order chi connectivity index (χ0) is 13.3. The molecule has 0 atom stereocenters. The number of carbonyl (C=O) groups excluding carboxylic acids is 1. The zero-order valence-electron chi connectivity index (χ0n) is 9.74. The van der Waals surface area contributed by atoms with Gasteiger partial charge in [0.15, 0.2) is 0 Å². The van der Waals surface area contributed by atoms with Crippen molar-refractivity contribution >= 4 is 11.5 Å². The van der Waals surface area contributed by atoms with E-state index in [4.69, 9.17) is 0 Å². The Kier molecular flexibility index (Phi) is 3.14. The molecular weight excluding hydrogens is 247 g/mol. The van der Waals surface area contributed by atoms with Crippen LogP contribution in [0.1, 0.15) is 12.2 Å². The van der Waals surface area contributed by atoms with Crippen LogP contribution in [0.2, 0.25) is 0 Å². The molecule has 0 fully saturated rings. The topological polar surface area (TPSA) is 38.1 Å². The maximum Gasteiger partial charge on any atom is 0.471 e. The highest BCUT2D eigenvalue weighted by molar-refractivity contribution is 5.83. The Labute approximate surface area is 102 Å². The molecule has 18 heavy (non-hydrogen) atoms. The van der Waals surface area contributed by atoms with E-state index >= 15 is 0 Å². The molecule has 0 N–H and O–H groups in total. The Balaban J connectivity index is 2.10. The standard InChI is InChI=1S/C11H12F3N3O/c1-16-7-4-15-9(16)8-2-5-17(6-3-8)10(18)11(12,13)14/h2,4,7H,3,5-6H2,1H3. The molecule has 7 heteroatoms. The molecule has 1 aliphatic rings. The van der Waals surface area contributed by atoms with Gasteiger partial charge in [0.05, 0.1) is 0 Å². The lowest BCUT2D eigenvalue weighted by molar-refractivity contribution is -0.185. The van der Waals surface area contributed by atoms with Crippen LogP contribution in [0.3, 0.4) is 0 Å². The number of hydrogen-bond donors (Lipinski definition) is 0. The first-order valence-corrected chi connectivity index (χ1v) is 5.42. The molecule has 2 heterocycles. The van der Waals surface area contributed by atoms with E-state index in [0.29, 0.717) is 6.42 Å². The van der Waals surface area contributed by atoms with Crippen LogP contribution in [0, 0.1) is 0 Å². The second-order valence-electron chi connectivity index (χ2n) is 4.09. The first-order valence-electron chi connectivity index (χ1n) is 5.42. The molecule has 2 rings (SSSR count). The van der Waals surface area contributed by atoms with Crippen LogP contribution in [0.15, 0.2) is 18.5 Å². The summed E-state index contributed by atoms with van der Waals surface area (Å²) in [7, 11) is 1.82. The van der Waals surface area contributed by atoms with E-state index in [-0.39, 0.29) is 13.1 Å². The molecular formula is C11H12F3N3O. The van der Waals surface area contributed by atoms with Gasteiger partial charge >= 0.3 is 12.1 Å². The zero-order valence-corrected chi connectivity index (χ0v) is 9.74. The maximum atomic E-state index is 12.2. The summed E-state index contributed by atoms with van der Waals surface area (Å²) >= 11 is 0. The third-order valence-electron chi connectivity index (χ3n) is 2.85. The van der Waals surface area contributed by atoms with E-state index < -0.39 is 12.1 Å². The Morgan fingerprint density at radius 1 is 1.44 bits per heavy atom. The van der Waals surface area contributed by atoms with E-state index in [0.717, 1.165) is 16.3 Å². The van der Waals surface area contributed by atoms with Gasteiger partial charge in [-0.25, -0.2) is 4.98 Å². The molecule has 0 aromatic carbocycles. The summed E-state index contributed by atoms with van der Waals surface area (Å²) in [5.41, 5.74) is 0.869. The molecule has 1 aliphatic heterocycles. The van der Waals surface area contributed by atoms with E-state index in [1.807, 2.05) is 7.05 Å². The summed E-state index contributed by atoms with van der Waals surface area (Å²) in [6.07, 6.45) is 0.601. The number of alkyl halides is 3. The number of amides is 1. The number of aromatic nitrogens is 2. The van der Waals surface area contributed by atoms with Gasteiger partial charge in [-0.05, 0) is 12.0 Å². The summed E-state index contributed by atoms with van der Waals surface area (Å²) < 4.78 is 38.5. The molecule has 0 spiro atoms. The first-order chi connectivity index (χ1) is 8.39. The van der Waals surface area contributed by atoms with Crippen molar-refractivity contribution in [2.45, 2.75) is 12.6 Å². The van der Waals surface area contributed by atoms with Crippen molar-refractivity contribution in [2.24, 2.45) is 7.05 Å². The van der Waals surface area contributed by atoms with Crippen molar-refractivity contribution in [3.8, 4) is 0 Å². The minimum atomic E-state index is -4.80. The van der Waals surface area contributed by atoms with Crippen molar-refractivity contribution in [3.63, 3.8) is 0 Å². The number of halogens is 3. The predicted molar refractivity (Wildman–Crippen MR) is 58.4 cm³/mol. The molecule has 0 bridgehead atoms. The lowest BCUT2D eigenvalue weighted by Gasteiger charge is -2.26. The highest BCUT2D eigenvalue weighted by Gasteiger charge is 2.42. The summed E-state index contributed by atoms with van der Waals surface area (Å²) in [6, 6.07) is 0.